The Hall–Kier alpha value is -3.03. The molecule has 0 saturated carbocycles. The van der Waals surface area contributed by atoms with Gasteiger partial charge < -0.3 is 49.6 Å². The van der Waals surface area contributed by atoms with Gasteiger partial charge in [0.2, 0.25) is 6.29 Å². The fourth-order valence-electron chi connectivity index (χ4n) is 5.58. The van der Waals surface area contributed by atoms with E-state index < -0.39 is 61.4 Å². The molecule has 11 heteroatoms. The largest absolute Gasteiger partial charge is 0.478 e. The van der Waals surface area contributed by atoms with Crippen molar-refractivity contribution < 1.29 is 49.4 Å². The number of fused-ring (bicyclic) bond motifs is 3. The highest BCUT2D eigenvalue weighted by Gasteiger charge is 2.48. The number of aliphatic hydroxyl groups excluding tert-OH is 4. The molecule has 1 aromatic heterocycles. The minimum atomic E-state index is -1.63. The van der Waals surface area contributed by atoms with Crippen LogP contribution in [0.4, 0.5) is 0 Å². The van der Waals surface area contributed by atoms with Crippen LogP contribution in [0.3, 0.4) is 0 Å². The van der Waals surface area contributed by atoms with E-state index in [2.05, 4.69) is 17.6 Å². The molecule has 0 aliphatic carbocycles. The number of aromatic amines is 1. The number of quaternary nitrogens is 1. The number of aromatic nitrogens is 1. The van der Waals surface area contributed by atoms with Crippen molar-refractivity contribution in [3.63, 3.8) is 0 Å². The van der Waals surface area contributed by atoms with Crippen LogP contribution in [0.2, 0.25) is 0 Å². The second kappa shape index (κ2) is 10.6. The molecule has 38 heavy (non-hydrogen) atoms. The van der Waals surface area contributed by atoms with Crippen molar-refractivity contribution in [3.05, 3.63) is 59.3 Å². The standard InChI is InChI=1S/C27H32N2O9/c1-3-13-16(10-19-21-15(8-9-29(19)2)14-6-4-5-7-18(14)28-21)17(25(34)35)12-36-26(13)38-27-24(33)23(32)22(31)20(11-30)37-27/h3-8,12-13,16,20,22-24,26-28,30-33H,1,9-11H2,2H3,(H,34,35)/p+1/t13-,16+,20-,22+,23-,24-,26+,27-/m1/s1. The first-order valence-electron chi connectivity index (χ1n) is 12.5. The number of H-pyrrole nitrogens is 1. The third-order valence-corrected chi connectivity index (χ3v) is 7.74. The van der Waals surface area contributed by atoms with E-state index in [0.29, 0.717) is 6.42 Å². The van der Waals surface area contributed by atoms with Gasteiger partial charge in [-0.1, -0.05) is 24.3 Å². The summed E-state index contributed by atoms with van der Waals surface area (Å²) >= 11 is 0. The number of benzene rings is 1. The Kier molecular flexibility index (Phi) is 7.43. The van der Waals surface area contributed by atoms with Crippen LogP contribution < -0.4 is 15.5 Å². The zero-order valence-corrected chi connectivity index (χ0v) is 20.9. The van der Waals surface area contributed by atoms with Crippen molar-refractivity contribution in [2.45, 2.75) is 43.4 Å². The summed E-state index contributed by atoms with van der Waals surface area (Å²) in [4.78, 5) is 16.8. The van der Waals surface area contributed by atoms with E-state index in [1.54, 1.807) is 6.08 Å². The summed E-state index contributed by atoms with van der Waals surface area (Å²) in [5.41, 5.74) is 2.04. The zero-order valence-electron chi connectivity index (χ0n) is 20.9. The number of carboxylic acids is 1. The number of carbonyl (C=O) groups is 1. The summed E-state index contributed by atoms with van der Waals surface area (Å²) in [5.74, 6) is -2.40. The van der Waals surface area contributed by atoms with Gasteiger partial charge in [0.25, 0.3) is 0 Å². The summed E-state index contributed by atoms with van der Waals surface area (Å²) in [6.45, 7) is 4.02. The lowest BCUT2D eigenvalue weighted by molar-refractivity contribution is -0.797. The third kappa shape index (κ3) is 4.56. The molecule has 204 valence electrons. The average molecular weight is 530 g/mol. The second-order valence-corrected chi connectivity index (χ2v) is 9.97. The van der Waals surface area contributed by atoms with Crippen molar-refractivity contribution in [2.75, 3.05) is 20.2 Å². The molecule has 3 aliphatic rings. The molecular weight excluding hydrogens is 496 g/mol. The van der Waals surface area contributed by atoms with Crippen molar-refractivity contribution in [2.24, 2.45) is 11.8 Å². The highest BCUT2D eigenvalue weighted by Crippen LogP contribution is 2.37. The molecule has 0 bridgehead atoms. The Labute approximate surface area is 218 Å². The first-order valence-corrected chi connectivity index (χ1v) is 12.5. The molecule has 7 N–H and O–H groups in total. The van der Waals surface area contributed by atoms with Crippen molar-refractivity contribution in [3.8, 4) is 0 Å². The van der Waals surface area contributed by atoms with Gasteiger partial charge in [0.05, 0.1) is 25.5 Å². The molecule has 5 rings (SSSR count). The van der Waals surface area contributed by atoms with Gasteiger partial charge in [0.1, 0.15) is 42.0 Å². The minimum Gasteiger partial charge on any atom is -0.478 e. The van der Waals surface area contributed by atoms with Gasteiger partial charge in [-0.2, -0.15) is 0 Å². The number of para-hydroxylation sites is 1. The van der Waals surface area contributed by atoms with Gasteiger partial charge in [-0.15, -0.1) is 6.58 Å². The normalized spacial score (nSPS) is 35.1. The van der Waals surface area contributed by atoms with Crippen molar-refractivity contribution in [1.82, 2.24) is 4.98 Å². The van der Waals surface area contributed by atoms with Gasteiger partial charge >= 0.3 is 5.97 Å². The maximum atomic E-state index is 12.2. The monoisotopic (exact) mass is 529 g/mol. The maximum absolute atomic E-state index is 12.2. The third-order valence-electron chi connectivity index (χ3n) is 7.74. The van der Waals surface area contributed by atoms with E-state index in [-0.39, 0.29) is 5.57 Å². The number of nitrogens with one attached hydrogen (secondary N) is 2. The summed E-state index contributed by atoms with van der Waals surface area (Å²) in [6.07, 6.45) is -3.28. The molecule has 1 unspecified atom stereocenters. The molecular formula is C27H33N2O9+. The van der Waals surface area contributed by atoms with Crippen LogP contribution in [0.5, 0.6) is 0 Å². The highest BCUT2D eigenvalue weighted by molar-refractivity contribution is 5.87. The Balaban J connectivity index is 1.50. The van der Waals surface area contributed by atoms with Crippen LogP contribution in [-0.4, -0.2) is 93.7 Å². The predicted octanol–water partition coefficient (Wildman–Crippen LogP) is -2.47. The molecule has 1 saturated heterocycles. The molecule has 2 aromatic rings. The van der Waals surface area contributed by atoms with Crippen LogP contribution in [-0.2, 0) is 19.0 Å². The van der Waals surface area contributed by atoms with Crippen LogP contribution in [0.15, 0.2) is 48.8 Å². The summed E-state index contributed by atoms with van der Waals surface area (Å²) in [5, 5.41) is 53.3. The molecule has 9 atom stereocenters. The number of carboxylic acid groups (broad SMARTS) is 1. The van der Waals surface area contributed by atoms with Crippen molar-refractivity contribution >= 4 is 28.6 Å². The quantitative estimate of drug-likeness (QED) is 0.193. The van der Waals surface area contributed by atoms with E-state index in [1.165, 1.54) is 0 Å². The fourth-order valence-corrected chi connectivity index (χ4v) is 5.58. The maximum Gasteiger partial charge on any atom is 0.335 e. The average Bonchev–Trinajstić information content (AvgIpc) is 3.29. The van der Waals surface area contributed by atoms with Gasteiger partial charge in [0.15, 0.2) is 6.29 Å². The summed E-state index contributed by atoms with van der Waals surface area (Å²) in [6, 6.07) is 7.99. The lowest BCUT2D eigenvalue weighted by atomic mass is 9.80. The topological polar surface area (TPSA) is 166 Å². The van der Waals surface area contributed by atoms with E-state index in [1.807, 2.05) is 31.3 Å². The predicted molar refractivity (Wildman–Crippen MR) is 134 cm³/mol. The molecule has 4 heterocycles. The van der Waals surface area contributed by atoms with Gasteiger partial charge in [-0.25, -0.2) is 4.79 Å². The Morgan fingerprint density at radius 2 is 1.97 bits per heavy atom. The van der Waals surface area contributed by atoms with E-state index in [4.69, 9.17) is 14.2 Å². The number of aliphatic hydroxyl groups is 4. The highest BCUT2D eigenvalue weighted by atomic mass is 16.8. The first-order chi connectivity index (χ1) is 18.2. The molecule has 0 amide bonds. The molecule has 11 nitrogen and oxygen atoms in total. The van der Waals surface area contributed by atoms with Crippen LogP contribution in [0.1, 0.15) is 6.42 Å². The van der Waals surface area contributed by atoms with Gasteiger partial charge in [-0.05, 0) is 12.1 Å². The Morgan fingerprint density at radius 1 is 1.21 bits per heavy atom. The molecule has 3 aliphatic heterocycles. The lowest BCUT2D eigenvalue weighted by Gasteiger charge is -2.43. The molecule has 0 radical (unpaired) electrons. The van der Waals surface area contributed by atoms with Gasteiger partial charge in [-0.3, -0.25) is 0 Å². The number of rotatable bonds is 7. The smallest absolute Gasteiger partial charge is 0.335 e. The zero-order chi connectivity index (χ0) is 27.1. The van der Waals surface area contributed by atoms with Crippen LogP contribution >= 0.6 is 0 Å². The molecule has 1 fully saturated rings. The number of hydrogen-bond acceptors (Lipinski definition) is 8. The van der Waals surface area contributed by atoms with Crippen LogP contribution in [0, 0.1) is 11.8 Å². The van der Waals surface area contributed by atoms with Crippen LogP contribution in [0.25, 0.3) is 22.7 Å². The van der Waals surface area contributed by atoms with Crippen molar-refractivity contribution in [1.29, 1.82) is 0 Å². The van der Waals surface area contributed by atoms with E-state index >= 15 is 0 Å². The fraction of sp³-hybridized carbons (Fsp3) is 0.444. The summed E-state index contributed by atoms with van der Waals surface area (Å²) < 4.78 is 17.0. The molecule has 0 spiro atoms. The Bertz CT molecular complexity index is 1370. The number of hydrogen-bond donors (Lipinski definition) is 7. The lowest BCUT2D eigenvalue weighted by Crippen LogP contribution is -3.08. The minimum absolute atomic E-state index is 0.0519. The van der Waals surface area contributed by atoms with Gasteiger partial charge in [0, 0.05) is 34.4 Å². The second-order valence-electron chi connectivity index (χ2n) is 9.97. The molecule has 1 aromatic carbocycles. The SMILES string of the molecule is C=C[C@H]1[C@H](O[C@H]2O[C@H](CO)[C@H](O)[C@@H](O)[C@H]2O)OC=C(C(=O)O)[C@H]1CC1=c2[nH]c3ccccc3c2=CC[NH+]1C. The summed E-state index contributed by atoms with van der Waals surface area (Å²) in [7, 11) is 2.02. The number of ether oxygens (including phenoxy) is 3. The number of aliphatic carboxylic acids is 1. The van der Waals surface area contributed by atoms with E-state index in [0.717, 1.165) is 44.9 Å². The Morgan fingerprint density at radius 3 is 2.68 bits per heavy atom. The van der Waals surface area contributed by atoms with E-state index in [9.17, 15) is 30.3 Å². The first kappa shape index (κ1) is 26.6.